The summed E-state index contributed by atoms with van der Waals surface area (Å²) in [5.74, 6) is 0. The molecule has 0 aliphatic heterocycles. The molecule has 18 heavy (non-hydrogen) atoms. The Morgan fingerprint density at radius 3 is 1.94 bits per heavy atom. The lowest BCUT2D eigenvalue weighted by atomic mass is 9.82. The number of hydrogen-bond donors (Lipinski definition) is 1. The van der Waals surface area contributed by atoms with Gasteiger partial charge in [-0.2, -0.15) is 0 Å². The number of nitrogens with one attached hydrogen (secondary N) is 1. The van der Waals surface area contributed by atoms with E-state index in [9.17, 15) is 0 Å². The summed E-state index contributed by atoms with van der Waals surface area (Å²) in [6.07, 6.45) is 1.20. The molecule has 0 amide bonds. The first-order valence-corrected chi connectivity index (χ1v) is 6.98. The highest BCUT2D eigenvalue weighted by molar-refractivity contribution is 5.20. The van der Waals surface area contributed by atoms with E-state index in [0.29, 0.717) is 11.5 Å². The summed E-state index contributed by atoms with van der Waals surface area (Å²) in [4.78, 5) is 0. The van der Waals surface area contributed by atoms with Gasteiger partial charge in [-0.15, -0.1) is 0 Å². The summed E-state index contributed by atoms with van der Waals surface area (Å²) in [7, 11) is 0. The predicted molar refractivity (Wildman–Crippen MR) is 80.7 cm³/mol. The van der Waals surface area contributed by atoms with Gasteiger partial charge in [0, 0.05) is 6.04 Å². The van der Waals surface area contributed by atoms with Crippen molar-refractivity contribution in [1.82, 2.24) is 5.32 Å². The van der Waals surface area contributed by atoms with Gasteiger partial charge in [-0.25, -0.2) is 0 Å². The Morgan fingerprint density at radius 1 is 0.944 bits per heavy atom. The molecule has 1 heteroatoms. The highest BCUT2D eigenvalue weighted by Crippen LogP contribution is 2.32. The van der Waals surface area contributed by atoms with E-state index in [0.717, 1.165) is 6.54 Å². The van der Waals surface area contributed by atoms with Gasteiger partial charge >= 0.3 is 0 Å². The smallest absolute Gasteiger partial charge is 0.0369 e. The molecule has 1 unspecified atom stereocenters. The summed E-state index contributed by atoms with van der Waals surface area (Å²) in [5.41, 5.74) is 2.02. The van der Waals surface area contributed by atoms with Crippen molar-refractivity contribution in [2.45, 2.75) is 54.0 Å². The van der Waals surface area contributed by atoms with E-state index in [-0.39, 0.29) is 5.41 Å². The maximum Gasteiger partial charge on any atom is 0.0369 e. The van der Waals surface area contributed by atoms with Crippen LogP contribution in [0.3, 0.4) is 0 Å². The molecule has 1 nitrogen and oxygen atoms in total. The minimum absolute atomic E-state index is 0.235. The van der Waals surface area contributed by atoms with Crippen molar-refractivity contribution in [3.05, 3.63) is 35.9 Å². The van der Waals surface area contributed by atoms with Gasteiger partial charge in [0.15, 0.2) is 0 Å². The van der Waals surface area contributed by atoms with E-state index in [1.807, 2.05) is 0 Å². The van der Waals surface area contributed by atoms with E-state index in [1.54, 1.807) is 0 Å². The molecule has 0 bridgehead atoms. The maximum atomic E-state index is 3.73. The van der Waals surface area contributed by atoms with E-state index in [4.69, 9.17) is 0 Å². The molecule has 0 saturated heterocycles. The number of rotatable bonds is 4. The van der Waals surface area contributed by atoms with Crippen LogP contribution < -0.4 is 5.32 Å². The zero-order valence-electron chi connectivity index (χ0n) is 12.9. The molecular weight excluding hydrogens is 218 g/mol. The van der Waals surface area contributed by atoms with Crippen LogP contribution in [0.2, 0.25) is 0 Å². The third-order valence-electron chi connectivity index (χ3n) is 3.22. The van der Waals surface area contributed by atoms with E-state index >= 15 is 0 Å². The van der Waals surface area contributed by atoms with Crippen LogP contribution in [-0.4, -0.2) is 6.54 Å². The number of hydrogen-bond acceptors (Lipinski definition) is 1. The first kappa shape index (κ1) is 15.2. The van der Waals surface area contributed by atoms with Gasteiger partial charge in [0.05, 0.1) is 0 Å². The Kier molecular flexibility index (Phi) is 4.98. The zero-order chi connectivity index (χ0) is 13.8. The summed E-state index contributed by atoms with van der Waals surface area (Å²) >= 11 is 0. The van der Waals surface area contributed by atoms with Gasteiger partial charge in [-0.05, 0) is 29.4 Å². The molecule has 1 aromatic rings. The lowest BCUT2D eigenvalue weighted by Crippen LogP contribution is -2.34. The molecule has 0 fully saturated rings. The van der Waals surface area contributed by atoms with Crippen LogP contribution in [0.5, 0.6) is 0 Å². The molecule has 1 aromatic carbocycles. The molecule has 0 aliphatic rings. The van der Waals surface area contributed by atoms with Crippen LogP contribution in [0.25, 0.3) is 0 Å². The van der Waals surface area contributed by atoms with Crippen LogP contribution in [0.4, 0.5) is 0 Å². The first-order chi connectivity index (χ1) is 8.20. The maximum absolute atomic E-state index is 3.73. The first-order valence-electron chi connectivity index (χ1n) is 6.98. The van der Waals surface area contributed by atoms with Gasteiger partial charge in [0.1, 0.15) is 0 Å². The largest absolute Gasteiger partial charge is 0.309 e. The molecule has 0 radical (unpaired) electrons. The van der Waals surface area contributed by atoms with Crippen LogP contribution in [-0.2, 0) is 0 Å². The average molecular weight is 247 g/mol. The zero-order valence-corrected chi connectivity index (χ0v) is 12.9. The molecule has 0 aromatic heterocycles. The molecule has 102 valence electrons. The molecule has 0 spiro atoms. The second kappa shape index (κ2) is 5.88. The van der Waals surface area contributed by atoms with Crippen LogP contribution in [0.15, 0.2) is 30.3 Å². The van der Waals surface area contributed by atoms with E-state index in [1.165, 1.54) is 12.0 Å². The Hall–Kier alpha value is -0.820. The molecular formula is C17H29N. The van der Waals surface area contributed by atoms with Crippen LogP contribution in [0, 0.1) is 10.8 Å². The average Bonchev–Trinajstić information content (AvgIpc) is 2.22. The number of benzene rings is 1. The topological polar surface area (TPSA) is 12.0 Å². The second-order valence-corrected chi connectivity index (χ2v) is 7.47. The minimum atomic E-state index is 0.235. The van der Waals surface area contributed by atoms with Gasteiger partial charge in [-0.3, -0.25) is 0 Å². The standard InChI is InChI=1S/C17H29N/c1-16(2,3)12-13-18-15(17(4,5)6)14-10-8-7-9-11-14/h7-11,15,18H,12-13H2,1-6H3. The summed E-state index contributed by atoms with van der Waals surface area (Å²) in [6.45, 7) is 14.9. The fraction of sp³-hybridized carbons (Fsp3) is 0.647. The molecule has 1 atom stereocenters. The molecule has 0 heterocycles. The Morgan fingerprint density at radius 2 is 1.50 bits per heavy atom. The van der Waals surface area contributed by atoms with Crippen LogP contribution in [0.1, 0.15) is 59.6 Å². The highest BCUT2D eigenvalue weighted by Gasteiger charge is 2.25. The summed E-state index contributed by atoms with van der Waals surface area (Å²) in [5, 5.41) is 3.73. The van der Waals surface area contributed by atoms with Gasteiger partial charge in [0.25, 0.3) is 0 Å². The molecule has 0 aliphatic carbocycles. The Balaban J connectivity index is 2.70. The van der Waals surface area contributed by atoms with Crippen molar-refractivity contribution in [1.29, 1.82) is 0 Å². The van der Waals surface area contributed by atoms with Crippen molar-refractivity contribution in [2.24, 2.45) is 10.8 Å². The minimum Gasteiger partial charge on any atom is -0.309 e. The summed E-state index contributed by atoms with van der Waals surface area (Å²) in [6, 6.07) is 11.2. The quantitative estimate of drug-likeness (QED) is 0.806. The fourth-order valence-corrected chi connectivity index (χ4v) is 2.16. The normalized spacial score (nSPS) is 14.6. The van der Waals surface area contributed by atoms with Crippen molar-refractivity contribution < 1.29 is 0 Å². The SMILES string of the molecule is CC(C)(C)CCNC(c1ccccc1)C(C)(C)C. The van der Waals surface area contributed by atoms with Crippen molar-refractivity contribution >= 4 is 0 Å². The second-order valence-electron chi connectivity index (χ2n) is 7.47. The fourth-order valence-electron chi connectivity index (χ4n) is 2.16. The van der Waals surface area contributed by atoms with E-state index < -0.39 is 0 Å². The van der Waals surface area contributed by atoms with Crippen LogP contribution >= 0.6 is 0 Å². The van der Waals surface area contributed by atoms with Crippen molar-refractivity contribution in [2.75, 3.05) is 6.54 Å². The molecule has 1 N–H and O–H groups in total. The van der Waals surface area contributed by atoms with Gasteiger partial charge in [0.2, 0.25) is 0 Å². The van der Waals surface area contributed by atoms with Gasteiger partial charge < -0.3 is 5.32 Å². The summed E-state index contributed by atoms with van der Waals surface area (Å²) < 4.78 is 0. The predicted octanol–water partition coefficient (Wildman–Crippen LogP) is 4.80. The molecule has 1 rings (SSSR count). The Labute approximate surface area is 113 Å². The monoisotopic (exact) mass is 247 g/mol. The highest BCUT2D eigenvalue weighted by atomic mass is 14.9. The molecule has 0 saturated carbocycles. The lowest BCUT2D eigenvalue weighted by molar-refractivity contribution is 0.256. The third-order valence-corrected chi connectivity index (χ3v) is 3.22. The van der Waals surface area contributed by atoms with E-state index in [2.05, 4.69) is 77.2 Å². The van der Waals surface area contributed by atoms with Crippen molar-refractivity contribution in [3.63, 3.8) is 0 Å². The van der Waals surface area contributed by atoms with Crippen molar-refractivity contribution in [3.8, 4) is 0 Å². The lowest BCUT2D eigenvalue weighted by Gasteiger charge is -2.33. The van der Waals surface area contributed by atoms with Gasteiger partial charge in [-0.1, -0.05) is 71.9 Å². The Bertz CT molecular complexity index is 340. The third kappa shape index (κ3) is 5.22.